The molecule has 42 heavy (non-hydrogen) atoms. The van der Waals surface area contributed by atoms with Crippen LogP contribution in [0.3, 0.4) is 0 Å². The molecule has 1 aliphatic carbocycles. The Morgan fingerprint density at radius 3 is 2.48 bits per heavy atom. The van der Waals surface area contributed by atoms with Crippen molar-refractivity contribution in [3.63, 3.8) is 0 Å². The molecule has 214 valence electrons. The molecule has 0 atom stereocenters. The fraction of sp³-hybridized carbons (Fsp3) is 0.273. The molecule has 3 heterocycles. The molecular formula is C33H33N5O3S. The fourth-order valence-electron chi connectivity index (χ4n) is 5.77. The summed E-state index contributed by atoms with van der Waals surface area (Å²) < 4.78 is 27.5. The smallest absolute Gasteiger partial charge is 0.269 e. The van der Waals surface area contributed by atoms with Gasteiger partial charge in [-0.15, -0.1) is 0 Å². The van der Waals surface area contributed by atoms with Gasteiger partial charge in [0.25, 0.3) is 10.0 Å². The highest BCUT2D eigenvalue weighted by Gasteiger charge is 2.22. The van der Waals surface area contributed by atoms with Crippen LogP contribution in [0.4, 0.5) is 0 Å². The topological polar surface area (TPSA) is 121 Å². The number of carbonyl (C=O) groups excluding carboxylic acids is 1. The quantitative estimate of drug-likeness (QED) is 0.250. The maximum absolute atomic E-state index is 13.1. The van der Waals surface area contributed by atoms with Crippen molar-refractivity contribution in [2.75, 3.05) is 0 Å². The van der Waals surface area contributed by atoms with Crippen molar-refractivity contribution in [3.05, 3.63) is 108 Å². The summed E-state index contributed by atoms with van der Waals surface area (Å²) in [6.07, 6.45) is 10.5. The second-order valence-corrected chi connectivity index (χ2v) is 13.0. The Balaban J connectivity index is 1.16. The van der Waals surface area contributed by atoms with Crippen molar-refractivity contribution in [1.82, 2.24) is 18.9 Å². The lowest BCUT2D eigenvalue weighted by Crippen LogP contribution is -2.27. The Hall–Kier alpha value is -4.21. The van der Waals surface area contributed by atoms with Gasteiger partial charge in [0.05, 0.1) is 10.6 Å². The first kappa shape index (κ1) is 27.9. The Labute approximate surface area is 245 Å². The van der Waals surface area contributed by atoms with Gasteiger partial charge >= 0.3 is 0 Å². The van der Waals surface area contributed by atoms with E-state index in [0.29, 0.717) is 47.9 Å². The van der Waals surface area contributed by atoms with Crippen LogP contribution in [-0.4, -0.2) is 39.2 Å². The van der Waals surface area contributed by atoms with Crippen LogP contribution in [0.25, 0.3) is 22.3 Å². The molecule has 0 bridgehead atoms. The number of carbonyl (C=O) groups is 1. The van der Waals surface area contributed by atoms with Crippen LogP contribution in [-0.2, 0) is 27.7 Å². The third-order valence-corrected chi connectivity index (χ3v) is 9.68. The Bertz CT molecular complexity index is 1830. The minimum absolute atomic E-state index is 0.205. The zero-order valence-electron chi connectivity index (χ0n) is 23.3. The number of hydrogen-bond donors (Lipinski definition) is 1. The van der Waals surface area contributed by atoms with E-state index in [2.05, 4.69) is 21.0 Å². The lowest BCUT2D eigenvalue weighted by Gasteiger charge is -2.25. The minimum Gasteiger partial charge on any atom is -0.328 e. The van der Waals surface area contributed by atoms with Crippen molar-refractivity contribution in [1.29, 1.82) is 0 Å². The largest absolute Gasteiger partial charge is 0.328 e. The van der Waals surface area contributed by atoms with Gasteiger partial charge in [-0.1, -0.05) is 42.5 Å². The van der Waals surface area contributed by atoms with E-state index >= 15 is 0 Å². The van der Waals surface area contributed by atoms with E-state index in [-0.39, 0.29) is 10.7 Å². The summed E-state index contributed by atoms with van der Waals surface area (Å²) >= 11 is 0. The average Bonchev–Trinajstić information content (AvgIpc) is 3.43. The van der Waals surface area contributed by atoms with Crippen molar-refractivity contribution < 1.29 is 13.2 Å². The number of rotatable bonds is 9. The van der Waals surface area contributed by atoms with E-state index in [1.165, 1.54) is 16.5 Å². The number of nitrogens with two attached hydrogens (primary N) is 1. The molecular weight excluding hydrogens is 546 g/mol. The van der Waals surface area contributed by atoms with Gasteiger partial charge in [0, 0.05) is 54.3 Å². The van der Waals surface area contributed by atoms with Gasteiger partial charge in [-0.05, 0) is 73.1 Å². The van der Waals surface area contributed by atoms with Crippen molar-refractivity contribution in [3.8, 4) is 11.3 Å². The Morgan fingerprint density at radius 1 is 0.881 bits per heavy atom. The van der Waals surface area contributed by atoms with Gasteiger partial charge in [0.1, 0.15) is 12.1 Å². The predicted molar refractivity (Wildman–Crippen MR) is 162 cm³/mol. The highest BCUT2D eigenvalue weighted by atomic mass is 32.2. The summed E-state index contributed by atoms with van der Waals surface area (Å²) in [5.41, 5.74) is 10.8. The molecule has 6 rings (SSSR count). The SMILES string of the molecule is NC1CCC(CC(=O)Cc2cccc(Cc3cc(-c4cnc5c(ccn5S(=O)(=O)c5ccccc5)c4)ncn3)c2)CC1. The number of ketones is 1. The number of benzene rings is 2. The maximum atomic E-state index is 13.1. The first-order chi connectivity index (χ1) is 20.3. The van der Waals surface area contributed by atoms with Crippen molar-refractivity contribution >= 4 is 26.8 Å². The molecule has 8 nitrogen and oxygen atoms in total. The van der Waals surface area contributed by atoms with Gasteiger partial charge in [0.15, 0.2) is 5.65 Å². The zero-order valence-corrected chi connectivity index (χ0v) is 24.1. The van der Waals surface area contributed by atoms with E-state index < -0.39 is 10.0 Å². The van der Waals surface area contributed by atoms with E-state index in [1.807, 2.05) is 30.3 Å². The molecule has 0 saturated heterocycles. The molecule has 0 aliphatic heterocycles. The lowest BCUT2D eigenvalue weighted by atomic mass is 9.83. The van der Waals surface area contributed by atoms with E-state index in [9.17, 15) is 13.2 Å². The second-order valence-electron chi connectivity index (χ2n) is 11.2. The van der Waals surface area contributed by atoms with Crippen LogP contribution in [0.1, 0.15) is 48.9 Å². The number of aromatic nitrogens is 4. The van der Waals surface area contributed by atoms with Crippen LogP contribution in [0.15, 0.2) is 96.4 Å². The van der Waals surface area contributed by atoms with Crippen LogP contribution >= 0.6 is 0 Å². The summed E-state index contributed by atoms with van der Waals surface area (Å²) in [5, 5.41) is 0.695. The Morgan fingerprint density at radius 2 is 1.67 bits per heavy atom. The number of Topliss-reactive ketones (excluding diaryl/α,β-unsaturated/α-hetero) is 1. The summed E-state index contributed by atoms with van der Waals surface area (Å²) in [5.74, 6) is 0.741. The first-order valence-electron chi connectivity index (χ1n) is 14.3. The van der Waals surface area contributed by atoms with E-state index in [4.69, 9.17) is 5.73 Å². The third-order valence-electron chi connectivity index (χ3n) is 8.00. The molecule has 0 amide bonds. The summed E-state index contributed by atoms with van der Waals surface area (Å²) in [6.45, 7) is 0. The molecule has 0 spiro atoms. The normalized spacial score (nSPS) is 17.4. The molecule has 9 heteroatoms. The number of hydrogen-bond acceptors (Lipinski definition) is 7. The summed E-state index contributed by atoms with van der Waals surface area (Å²) in [7, 11) is -3.76. The van der Waals surface area contributed by atoms with Gasteiger partial charge in [-0.3, -0.25) is 4.79 Å². The molecule has 0 radical (unpaired) electrons. The molecule has 0 unspecified atom stereocenters. The fourth-order valence-corrected chi connectivity index (χ4v) is 7.09. The van der Waals surface area contributed by atoms with Gasteiger partial charge in [-0.25, -0.2) is 27.3 Å². The van der Waals surface area contributed by atoms with Gasteiger partial charge in [-0.2, -0.15) is 0 Å². The molecule has 1 saturated carbocycles. The molecule has 1 aliphatic rings. The van der Waals surface area contributed by atoms with Crippen molar-refractivity contribution in [2.24, 2.45) is 11.7 Å². The molecule has 5 aromatic rings. The number of nitrogens with zero attached hydrogens (tertiary/aromatic N) is 4. The standard InChI is InChI=1S/C33H33N5O3S/c34-28-11-9-23(10-12-28)17-30(39)18-25-6-4-5-24(15-25)16-29-20-32(37-22-36-29)27-19-26-13-14-38(33(26)35-21-27)42(40,41)31-7-2-1-3-8-31/h1-8,13-15,19-23,28H,9-12,16-18,34H2. The highest BCUT2D eigenvalue weighted by Crippen LogP contribution is 2.27. The average molecular weight is 580 g/mol. The monoisotopic (exact) mass is 579 g/mol. The van der Waals surface area contributed by atoms with Crippen LogP contribution < -0.4 is 5.73 Å². The maximum Gasteiger partial charge on any atom is 0.269 e. The van der Waals surface area contributed by atoms with Crippen LogP contribution in [0.2, 0.25) is 0 Å². The highest BCUT2D eigenvalue weighted by molar-refractivity contribution is 7.90. The Kier molecular flexibility index (Phi) is 7.95. The summed E-state index contributed by atoms with van der Waals surface area (Å²) in [4.78, 5) is 26.4. The summed E-state index contributed by atoms with van der Waals surface area (Å²) in [6, 6.07) is 22.3. The van der Waals surface area contributed by atoms with Crippen LogP contribution in [0, 0.1) is 5.92 Å². The molecule has 3 aromatic heterocycles. The molecule has 2 N–H and O–H groups in total. The van der Waals surface area contributed by atoms with Crippen LogP contribution in [0.5, 0.6) is 0 Å². The lowest BCUT2D eigenvalue weighted by molar-refractivity contribution is -0.119. The third kappa shape index (κ3) is 6.17. The number of pyridine rings is 1. The van der Waals surface area contributed by atoms with E-state index in [1.54, 1.807) is 42.6 Å². The van der Waals surface area contributed by atoms with E-state index in [0.717, 1.165) is 48.1 Å². The molecule has 1 fully saturated rings. The minimum atomic E-state index is -3.76. The number of fused-ring (bicyclic) bond motifs is 1. The van der Waals surface area contributed by atoms with Gasteiger partial charge < -0.3 is 5.73 Å². The van der Waals surface area contributed by atoms with Crippen molar-refractivity contribution in [2.45, 2.75) is 55.9 Å². The zero-order chi connectivity index (χ0) is 29.1. The second kappa shape index (κ2) is 12.0. The first-order valence-corrected chi connectivity index (χ1v) is 15.7. The predicted octanol–water partition coefficient (Wildman–Crippen LogP) is 5.34. The van der Waals surface area contributed by atoms with Gasteiger partial charge in [0.2, 0.25) is 0 Å². The molecule has 2 aromatic carbocycles.